The Morgan fingerprint density at radius 1 is 1.10 bits per heavy atom. The zero-order chi connectivity index (χ0) is 21.3. The van der Waals surface area contributed by atoms with Crippen LogP contribution in [-0.4, -0.2) is 35.4 Å². The summed E-state index contributed by atoms with van der Waals surface area (Å²) in [7, 11) is 1.58. The van der Waals surface area contributed by atoms with Gasteiger partial charge in [-0.25, -0.2) is 0 Å². The van der Waals surface area contributed by atoms with Gasteiger partial charge in [-0.05, 0) is 67.0 Å². The molecule has 0 saturated carbocycles. The van der Waals surface area contributed by atoms with Crippen LogP contribution in [0, 0.1) is 0 Å². The summed E-state index contributed by atoms with van der Waals surface area (Å²) in [4.78, 5) is 27.4. The van der Waals surface area contributed by atoms with Crippen molar-refractivity contribution in [1.29, 1.82) is 0 Å². The van der Waals surface area contributed by atoms with Gasteiger partial charge in [0.05, 0.1) is 18.7 Å². The Bertz CT molecular complexity index is 1020. The molecule has 4 rings (SSSR count). The van der Waals surface area contributed by atoms with Crippen molar-refractivity contribution in [3.05, 3.63) is 70.3 Å². The summed E-state index contributed by atoms with van der Waals surface area (Å²) in [5.41, 5.74) is 4.01. The van der Waals surface area contributed by atoms with Crippen LogP contribution in [0.4, 0.5) is 0 Å². The van der Waals surface area contributed by atoms with Gasteiger partial charge in [-0.3, -0.25) is 9.59 Å². The Kier molecular flexibility index (Phi) is 5.62. The van der Waals surface area contributed by atoms with E-state index in [1.165, 1.54) is 17.5 Å². The van der Waals surface area contributed by atoms with Crippen molar-refractivity contribution in [2.45, 2.75) is 45.1 Å². The number of hydrogen-bond acceptors (Lipinski definition) is 4. The van der Waals surface area contributed by atoms with Crippen LogP contribution in [0.3, 0.4) is 0 Å². The molecule has 2 aromatic rings. The summed E-state index contributed by atoms with van der Waals surface area (Å²) in [5.74, 6) is -0.660. The topological polar surface area (TPSA) is 66.8 Å². The highest BCUT2D eigenvalue weighted by Gasteiger charge is 2.45. The highest BCUT2D eigenvalue weighted by Crippen LogP contribution is 2.40. The van der Waals surface area contributed by atoms with E-state index in [4.69, 9.17) is 4.74 Å². The number of aryl methyl sites for hydroxylation is 2. The first kappa shape index (κ1) is 20.2. The maximum absolute atomic E-state index is 13.0. The van der Waals surface area contributed by atoms with Crippen molar-refractivity contribution in [3.8, 4) is 5.75 Å². The fourth-order valence-corrected chi connectivity index (χ4v) is 4.55. The molecule has 1 saturated heterocycles. The van der Waals surface area contributed by atoms with Crippen molar-refractivity contribution >= 4 is 17.4 Å². The van der Waals surface area contributed by atoms with Gasteiger partial charge in [0.25, 0.3) is 11.7 Å². The number of fused-ring (bicyclic) bond motifs is 1. The van der Waals surface area contributed by atoms with Gasteiger partial charge in [-0.15, -0.1) is 0 Å². The SMILES string of the molecule is CCCN1C(=O)C(=O)/C(=C(\O)c2ccc3c(c2)CCCC3)C1c1cccc(OC)c1. The summed E-state index contributed by atoms with van der Waals surface area (Å²) in [6.45, 7) is 2.40. The van der Waals surface area contributed by atoms with Gasteiger partial charge >= 0.3 is 0 Å². The molecule has 5 nitrogen and oxygen atoms in total. The second-order valence-corrected chi connectivity index (χ2v) is 7.96. The van der Waals surface area contributed by atoms with E-state index in [0.717, 1.165) is 24.8 Å². The normalized spacial score (nSPS) is 20.3. The molecule has 156 valence electrons. The molecule has 2 aliphatic rings. The molecule has 2 aromatic carbocycles. The highest BCUT2D eigenvalue weighted by atomic mass is 16.5. The molecule has 1 heterocycles. The van der Waals surface area contributed by atoms with Crippen LogP contribution in [0.5, 0.6) is 5.75 Å². The summed E-state index contributed by atoms with van der Waals surface area (Å²) in [6, 6.07) is 12.6. The number of likely N-dealkylation sites (tertiary alicyclic amines) is 1. The molecule has 0 aromatic heterocycles. The van der Waals surface area contributed by atoms with E-state index in [1.54, 1.807) is 12.0 Å². The fourth-order valence-electron chi connectivity index (χ4n) is 4.55. The van der Waals surface area contributed by atoms with Crippen molar-refractivity contribution in [1.82, 2.24) is 4.90 Å². The highest BCUT2D eigenvalue weighted by molar-refractivity contribution is 6.46. The second kappa shape index (κ2) is 8.34. The molecule has 1 amide bonds. The lowest BCUT2D eigenvalue weighted by atomic mass is 9.88. The molecule has 0 bridgehead atoms. The third kappa shape index (κ3) is 3.49. The minimum Gasteiger partial charge on any atom is -0.507 e. The number of aliphatic hydroxyl groups is 1. The maximum Gasteiger partial charge on any atom is 0.295 e. The number of methoxy groups -OCH3 is 1. The molecule has 1 atom stereocenters. The van der Waals surface area contributed by atoms with Crippen LogP contribution in [0.1, 0.15) is 54.5 Å². The number of hydrogen-bond donors (Lipinski definition) is 1. The van der Waals surface area contributed by atoms with Gasteiger partial charge in [0.15, 0.2) is 0 Å². The lowest BCUT2D eigenvalue weighted by molar-refractivity contribution is -0.139. The van der Waals surface area contributed by atoms with Crippen LogP contribution in [0.15, 0.2) is 48.0 Å². The van der Waals surface area contributed by atoms with Gasteiger partial charge in [-0.2, -0.15) is 0 Å². The van der Waals surface area contributed by atoms with E-state index in [1.807, 2.05) is 49.4 Å². The first-order chi connectivity index (χ1) is 14.5. The average molecular weight is 405 g/mol. The molecule has 30 heavy (non-hydrogen) atoms. The number of amides is 1. The molecule has 1 N–H and O–H groups in total. The molecule has 0 spiro atoms. The third-order valence-electron chi connectivity index (χ3n) is 6.04. The number of Topliss-reactive ketones (excluding diaryl/α,β-unsaturated/α-hetero) is 1. The number of nitrogens with zero attached hydrogens (tertiary/aromatic N) is 1. The largest absolute Gasteiger partial charge is 0.507 e. The van der Waals surface area contributed by atoms with E-state index in [2.05, 4.69) is 0 Å². The number of carbonyl (C=O) groups is 2. The average Bonchev–Trinajstić information content (AvgIpc) is 3.03. The first-order valence-electron chi connectivity index (χ1n) is 10.6. The summed E-state index contributed by atoms with van der Waals surface area (Å²) in [5, 5.41) is 11.2. The van der Waals surface area contributed by atoms with Crippen LogP contribution in [-0.2, 0) is 22.4 Å². The first-order valence-corrected chi connectivity index (χ1v) is 10.6. The minimum atomic E-state index is -0.633. The van der Waals surface area contributed by atoms with E-state index in [-0.39, 0.29) is 11.3 Å². The van der Waals surface area contributed by atoms with E-state index < -0.39 is 17.7 Å². The van der Waals surface area contributed by atoms with Crippen LogP contribution < -0.4 is 4.74 Å². The Balaban J connectivity index is 1.85. The van der Waals surface area contributed by atoms with E-state index >= 15 is 0 Å². The molecule has 1 aliphatic carbocycles. The van der Waals surface area contributed by atoms with E-state index in [0.29, 0.717) is 24.3 Å². The van der Waals surface area contributed by atoms with Crippen molar-refractivity contribution in [3.63, 3.8) is 0 Å². The van der Waals surface area contributed by atoms with Crippen molar-refractivity contribution < 1.29 is 19.4 Å². The number of ether oxygens (including phenoxy) is 1. The van der Waals surface area contributed by atoms with Crippen LogP contribution >= 0.6 is 0 Å². The number of aliphatic hydroxyl groups excluding tert-OH is 1. The Morgan fingerprint density at radius 3 is 2.60 bits per heavy atom. The van der Waals surface area contributed by atoms with Gasteiger partial charge in [0, 0.05) is 12.1 Å². The van der Waals surface area contributed by atoms with Crippen molar-refractivity contribution in [2.24, 2.45) is 0 Å². The number of rotatable bonds is 5. The number of benzene rings is 2. The van der Waals surface area contributed by atoms with Crippen LogP contribution in [0.25, 0.3) is 5.76 Å². The molecule has 1 unspecified atom stereocenters. The maximum atomic E-state index is 13.0. The quantitative estimate of drug-likeness (QED) is 0.455. The molecule has 1 aliphatic heterocycles. The van der Waals surface area contributed by atoms with Gasteiger partial charge in [-0.1, -0.05) is 31.2 Å². The lowest BCUT2D eigenvalue weighted by Gasteiger charge is -2.25. The number of ketones is 1. The summed E-state index contributed by atoms with van der Waals surface area (Å²) < 4.78 is 5.34. The van der Waals surface area contributed by atoms with Crippen LogP contribution in [0.2, 0.25) is 0 Å². The molecular weight excluding hydrogens is 378 g/mol. The monoisotopic (exact) mass is 405 g/mol. The second-order valence-electron chi connectivity index (χ2n) is 7.96. The fraction of sp³-hybridized carbons (Fsp3) is 0.360. The van der Waals surface area contributed by atoms with Gasteiger partial charge in [0.2, 0.25) is 0 Å². The zero-order valence-corrected chi connectivity index (χ0v) is 17.5. The molecule has 0 radical (unpaired) electrons. The molecule has 5 heteroatoms. The Hall–Kier alpha value is -3.08. The predicted octanol–water partition coefficient (Wildman–Crippen LogP) is 4.41. The Morgan fingerprint density at radius 2 is 1.87 bits per heavy atom. The van der Waals surface area contributed by atoms with Crippen molar-refractivity contribution in [2.75, 3.05) is 13.7 Å². The van der Waals surface area contributed by atoms with Gasteiger partial charge < -0.3 is 14.7 Å². The van der Waals surface area contributed by atoms with E-state index in [9.17, 15) is 14.7 Å². The summed E-state index contributed by atoms with van der Waals surface area (Å²) >= 11 is 0. The predicted molar refractivity (Wildman–Crippen MR) is 115 cm³/mol. The third-order valence-corrected chi connectivity index (χ3v) is 6.04. The zero-order valence-electron chi connectivity index (χ0n) is 17.5. The minimum absolute atomic E-state index is 0.104. The standard InChI is InChI=1S/C25H27NO4/c1-3-13-26-22(18-9-6-10-20(15-18)30-2)21(24(28)25(26)29)23(27)19-12-11-16-7-4-5-8-17(16)14-19/h6,9-12,14-15,22,27H,3-5,7-8,13H2,1-2H3/b23-21-. The Labute approximate surface area is 177 Å². The lowest BCUT2D eigenvalue weighted by Crippen LogP contribution is -2.30. The number of carbonyl (C=O) groups excluding carboxylic acids is 2. The molecule has 1 fully saturated rings. The van der Waals surface area contributed by atoms with Gasteiger partial charge in [0.1, 0.15) is 11.5 Å². The smallest absolute Gasteiger partial charge is 0.295 e. The summed E-state index contributed by atoms with van der Waals surface area (Å²) in [6.07, 6.45) is 5.03. The molecular formula is C25H27NO4.